The first kappa shape index (κ1) is 17.5. The van der Waals surface area contributed by atoms with Crippen molar-refractivity contribution in [2.45, 2.75) is 26.4 Å². The highest BCUT2D eigenvalue weighted by Gasteiger charge is 2.20. The molecule has 1 unspecified atom stereocenters. The second-order valence-electron chi connectivity index (χ2n) is 5.98. The van der Waals surface area contributed by atoms with Crippen molar-refractivity contribution in [3.8, 4) is 0 Å². The highest BCUT2D eigenvalue weighted by molar-refractivity contribution is 5.88. The first-order valence-corrected chi connectivity index (χ1v) is 8.20. The Morgan fingerprint density at radius 2 is 1.81 bits per heavy atom. The highest BCUT2D eigenvalue weighted by atomic mass is 16.4. The van der Waals surface area contributed by atoms with E-state index in [1.54, 1.807) is 43.3 Å². The van der Waals surface area contributed by atoms with Gasteiger partial charge in [-0.3, -0.25) is 14.2 Å². The van der Waals surface area contributed by atoms with Crippen molar-refractivity contribution in [1.82, 2.24) is 9.88 Å². The maximum Gasteiger partial charge on any atom is 0.420 e. The maximum atomic E-state index is 12.5. The van der Waals surface area contributed by atoms with E-state index < -0.39 is 11.8 Å². The zero-order chi connectivity index (χ0) is 18.7. The van der Waals surface area contributed by atoms with E-state index in [2.05, 4.69) is 10.6 Å². The molecular formula is C19H19N3O4. The predicted molar refractivity (Wildman–Crippen MR) is 97.8 cm³/mol. The van der Waals surface area contributed by atoms with Crippen LogP contribution in [0.2, 0.25) is 0 Å². The van der Waals surface area contributed by atoms with Gasteiger partial charge in [-0.15, -0.1) is 0 Å². The van der Waals surface area contributed by atoms with E-state index in [-0.39, 0.29) is 11.8 Å². The van der Waals surface area contributed by atoms with Gasteiger partial charge >= 0.3 is 5.76 Å². The van der Waals surface area contributed by atoms with E-state index in [4.69, 9.17) is 4.42 Å². The van der Waals surface area contributed by atoms with Gasteiger partial charge in [0.05, 0.1) is 5.52 Å². The summed E-state index contributed by atoms with van der Waals surface area (Å²) in [4.78, 5) is 35.5. The van der Waals surface area contributed by atoms with E-state index in [9.17, 15) is 14.4 Å². The fourth-order valence-corrected chi connectivity index (χ4v) is 2.71. The molecule has 1 heterocycles. The number of aromatic nitrogens is 1. The Bertz CT molecular complexity index is 1000. The lowest BCUT2D eigenvalue weighted by atomic mass is 10.2. The molecule has 2 aromatic carbocycles. The van der Waals surface area contributed by atoms with Gasteiger partial charge in [-0.1, -0.05) is 24.3 Å². The Labute approximate surface area is 149 Å². The lowest BCUT2D eigenvalue weighted by molar-refractivity contribution is -0.124. The van der Waals surface area contributed by atoms with Crippen molar-refractivity contribution in [3.63, 3.8) is 0 Å². The van der Waals surface area contributed by atoms with Crippen molar-refractivity contribution in [2.75, 3.05) is 5.32 Å². The molecule has 2 N–H and O–H groups in total. The zero-order valence-corrected chi connectivity index (χ0v) is 14.5. The largest absolute Gasteiger partial charge is 0.420 e. The molecule has 0 fully saturated rings. The third-order valence-electron chi connectivity index (χ3n) is 4.03. The molecule has 0 bridgehead atoms. The van der Waals surface area contributed by atoms with Crippen LogP contribution in [-0.4, -0.2) is 16.4 Å². The Kier molecular flexibility index (Phi) is 4.88. The van der Waals surface area contributed by atoms with E-state index in [0.29, 0.717) is 23.3 Å². The topological polar surface area (TPSA) is 93.3 Å². The minimum absolute atomic E-state index is 0.141. The molecule has 7 nitrogen and oxygen atoms in total. The van der Waals surface area contributed by atoms with Crippen LogP contribution in [0.5, 0.6) is 0 Å². The molecule has 134 valence electrons. The fourth-order valence-electron chi connectivity index (χ4n) is 2.71. The van der Waals surface area contributed by atoms with Crippen LogP contribution in [0.25, 0.3) is 11.1 Å². The Morgan fingerprint density at radius 1 is 1.12 bits per heavy atom. The van der Waals surface area contributed by atoms with Gasteiger partial charge in [0.2, 0.25) is 11.8 Å². The third-order valence-corrected chi connectivity index (χ3v) is 4.03. The number of amides is 2. The lowest BCUT2D eigenvalue weighted by Crippen LogP contribution is -2.34. The van der Waals surface area contributed by atoms with Crippen molar-refractivity contribution in [2.24, 2.45) is 0 Å². The zero-order valence-electron chi connectivity index (χ0n) is 14.5. The number of hydrogen-bond donors (Lipinski definition) is 2. The van der Waals surface area contributed by atoms with Crippen LogP contribution < -0.4 is 16.4 Å². The van der Waals surface area contributed by atoms with Gasteiger partial charge in [0.25, 0.3) is 0 Å². The number of hydrogen-bond acceptors (Lipinski definition) is 4. The number of nitrogens with one attached hydrogen (secondary N) is 2. The van der Waals surface area contributed by atoms with E-state index in [0.717, 1.165) is 5.56 Å². The normalized spacial score (nSPS) is 11.9. The lowest BCUT2D eigenvalue weighted by Gasteiger charge is -2.13. The van der Waals surface area contributed by atoms with Crippen molar-refractivity contribution in [1.29, 1.82) is 0 Å². The summed E-state index contributed by atoms with van der Waals surface area (Å²) >= 11 is 0. The van der Waals surface area contributed by atoms with Gasteiger partial charge in [-0.05, 0) is 36.8 Å². The summed E-state index contributed by atoms with van der Waals surface area (Å²) in [6, 6.07) is 13.4. The summed E-state index contributed by atoms with van der Waals surface area (Å²) in [6.07, 6.45) is 0. The van der Waals surface area contributed by atoms with Gasteiger partial charge < -0.3 is 15.1 Å². The van der Waals surface area contributed by atoms with Gasteiger partial charge in [-0.25, -0.2) is 4.79 Å². The molecule has 0 spiro atoms. The van der Waals surface area contributed by atoms with E-state index in [1.165, 1.54) is 11.5 Å². The summed E-state index contributed by atoms with van der Waals surface area (Å²) < 4.78 is 6.51. The summed E-state index contributed by atoms with van der Waals surface area (Å²) in [5.74, 6) is -0.990. The maximum absolute atomic E-state index is 12.5. The molecule has 26 heavy (non-hydrogen) atoms. The average molecular weight is 353 g/mol. The number of nitrogens with zero attached hydrogens (tertiary/aromatic N) is 1. The van der Waals surface area contributed by atoms with Crippen LogP contribution in [-0.2, 0) is 16.1 Å². The molecule has 2 amide bonds. The van der Waals surface area contributed by atoms with E-state index >= 15 is 0 Å². The summed E-state index contributed by atoms with van der Waals surface area (Å²) in [6.45, 7) is 3.41. The standard InChI is InChI=1S/C19H19N3O4/c1-12(22-16-5-3-4-6-17(16)26-19(22)25)18(24)20-11-14-7-9-15(10-8-14)21-13(2)23/h3-10,12H,11H2,1-2H3,(H,20,24)(H,21,23). The van der Waals surface area contributed by atoms with E-state index in [1.807, 2.05) is 12.1 Å². The molecule has 1 atom stereocenters. The number of carbonyl (C=O) groups excluding carboxylic acids is 2. The minimum Gasteiger partial charge on any atom is -0.408 e. The summed E-state index contributed by atoms with van der Waals surface area (Å²) in [5, 5.41) is 5.49. The molecule has 3 rings (SSSR count). The molecule has 1 aromatic heterocycles. The number of fused-ring (bicyclic) bond motifs is 1. The van der Waals surface area contributed by atoms with Gasteiger partial charge in [-0.2, -0.15) is 0 Å². The van der Waals surface area contributed by atoms with Crippen molar-refractivity contribution >= 4 is 28.6 Å². The second kappa shape index (κ2) is 7.26. The quantitative estimate of drug-likeness (QED) is 0.737. The van der Waals surface area contributed by atoms with Crippen LogP contribution in [0.4, 0.5) is 5.69 Å². The molecule has 3 aromatic rings. The molecule has 0 saturated heterocycles. The summed E-state index contributed by atoms with van der Waals surface area (Å²) in [7, 11) is 0. The molecule has 0 saturated carbocycles. The minimum atomic E-state index is -0.704. The second-order valence-corrected chi connectivity index (χ2v) is 5.98. The number of rotatable bonds is 5. The fraction of sp³-hybridized carbons (Fsp3) is 0.211. The van der Waals surface area contributed by atoms with Gasteiger partial charge in [0.15, 0.2) is 5.58 Å². The van der Waals surface area contributed by atoms with Crippen LogP contribution in [0, 0.1) is 0 Å². The monoisotopic (exact) mass is 353 g/mol. The summed E-state index contributed by atoms with van der Waals surface area (Å²) in [5.41, 5.74) is 2.60. The Balaban J connectivity index is 1.68. The number of anilines is 1. The number of benzene rings is 2. The molecule has 0 aliphatic heterocycles. The van der Waals surface area contributed by atoms with Crippen LogP contribution >= 0.6 is 0 Å². The van der Waals surface area contributed by atoms with Crippen LogP contribution in [0.3, 0.4) is 0 Å². The van der Waals surface area contributed by atoms with Gasteiger partial charge in [0, 0.05) is 19.2 Å². The highest BCUT2D eigenvalue weighted by Crippen LogP contribution is 2.17. The molecule has 0 radical (unpaired) electrons. The molecule has 0 aliphatic carbocycles. The SMILES string of the molecule is CC(=O)Nc1ccc(CNC(=O)C(C)n2c(=O)oc3ccccc32)cc1. The molecule has 7 heteroatoms. The van der Waals surface area contributed by atoms with Crippen LogP contribution in [0.1, 0.15) is 25.5 Å². The number of carbonyl (C=O) groups is 2. The molecular weight excluding hydrogens is 334 g/mol. The smallest absolute Gasteiger partial charge is 0.408 e. The Hall–Kier alpha value is -3.35. The van der Waals surface area contributed by atoms with Crippen molar-refractivity contribution in [3.05, 3.63) is 64.6 Å². The predicted octanol–water partition coefficient (Wildman–Crippen LogP) is 2.43. The average Bonchev–Trinajstić information content (AvgIpc) is 2.95. The van der Waals surface area contributed by atoms with Crippen LogP contribution in [0.15, 0.2) is 57.7 Å². The number of oxazole rings is 1. The third kappa shape index (κ3) is 3.66. The van der Waals surface area contributed by atoms with Crippen molar-refractivity contribution < 1.29 is 14.0 Å². The Morgan fingerprint density at radius 3 is 2.50 bits per heavy atom. The molecule has 0 aliphatic rings. The number of para-hydroxylation sites is 2. The first-order chi connectivity index (χ1) is 12.5. The van der Waals surface area contributed by atoms with Gasteiger partial charge in [0.1, 0.15) is 6.04 Å². The first-order valence-electron chi connectivity index (χ1n) is 8.20.